The van der Waals surface area contributed by atoms with E-state index in [0.717, 1.165) is 6.42 Å². The number of carbonyl (C=O) groups excluding carboxylic acids is 1. The van der Waals surface area contributed by atoms with E-state index in [1.807, 2.05) is 13.8 Å². The van der Waals surface area contributed by atoms with Crippen molar-refractivity contribution in [2.24, 2.45) is 5.41 Å². The van der Waals surface area contributed by atoms with Gasteiger partial charge in [0.1, 0.15) is 0 Å². The summed E-state index contributed by atoms with van der Waals surface area (Å²) >= 11 is 0. The molecule has 0 spiro atoms. The lowest BCUT2D eigenvalue weighted by Gasteiger charge is -2.30. The van der Waals surface area contributed by atoms with Gasteiger partial charge in [0.15, 0.2) is 0 Å². The summed E-state index contributed by atoms with van der Waals surface area (Å²) in [4.78, 5) is 24.7. The first-order valence-electron chi connectivity index (χ1n) is 6.53. The molecule has 19 heavy (non-hydrogen) atoms. The minimum Gasteiger partial charge on any atom is -0.481 e. The van der Waals surface area contributed by atoms with Crippen LogP contribution in [0.15, 0.2) is 0 Å². The lowest BCUT2D eigenvalue weighted by Crippen LogP contribution is -2.49. The van der Waals surface area contributed by atoms with E-state index in [4.69, 9.17) is 9.84 Å². The van der Waals surface area contributed by atoms with Gasteiger partial charge in [-0.3, -0.25) is 4.79 Å². The van der Waals surface area contributed by atoms with Gasteiger partial charge >= 0.3 is 12.0 Å². The molecule has 0 aliphatic carbocycles. The highest BCUT2D eigenvalue weighted by Gasteiger charge is 2.29. The third-order valence-electron chi connectivity index (χ3n) is 3.18. The van der Waals surface area contributed by atoms with Crippen LogP contribution in [0.3, 0.4) is 0 Å². The van der Waals surface area contributed by atoms with Crippen LogP contribution in [0.5, 0.6) is 0 Å². The number of nitrogens with zero attached hydrogens (tertiary/aromatic N) is 1. The molecule has 0 bridgehead atoms. The molecular weight excluding hydrogens is 248 g/mol. The highest BCUT2D eigenvalue weighted by atomic mass is 16.5. The van der Waals surface area contributed by atoms with E-state index in [0.29, 0.717) is 13.2 Å². The molecule has 0 aromatic heterocycles. The lowest BCUT2D eigenvalue weighted by atomic mass is 9.94. The van der Waals surface area contributed by atoms with Crippen molar-refractivity contribution >= 4 is 12.0 Å². The van der Waals surface area contributed by atoms with Crippen molar-refractivity contribution in [1.29, 1.82) is 0 Å². The summed E-state index contributed by atoms with van der Waals surface area (Å²) in [6, 6.07) is -0.163. The monoisotopic (exact) mass is 274 g/mol. The van der Waals surface area contributed by atoms with Crippen molar-refractivity contribution in [3.05, 3.63) is 0 Å². The van der Waals surface area contributed by atoms with Crippen LogP contribution in [-0.2, 0) is 9.53 Å². The number of nitrogens with one attached hydrogen (secondary N) is 1. The van der Waals surface area contributed by atoms with E-state index in [2.05, 4.69) is 5.32 Å². The van der Waals surface area contributed by atoms with Crippen molar-refractivity contribution in [2.75, 3.05) is 26.8 Å². The van der Waals surface area contributed by atoms with Crippen molar-refractivity contribution in [3.8, 4) is 0 Å². The molecule has 0 heterocycles. The summed E-state index contributed by atoms with van der Waals surface area (Å²) in [5, 5.41) is 11.7. The van der Waals surface area contributed by atoms with E-state index in [1.165, 1.54) is 0 Å². The molecule has 0 aliphatic rings. The predicted molar refractivity (Wildman–Crippen MR) is 73.2 cm³/mol. The quantitative estimate of drug-likeness (QED) is 0.704. The molecule has 0 radical (unpaired) electrons. The number of urea groups is 1. The van der Waals surface area contributed by atoms with Crippen LogP contribution in [0.25, 0.3) is 0 Å². The number of carbonyl (C=O) groups is 2. The van der Waals surface area contributed by atoms with Crippen molar-refractivity contribution in [2.45, 2.75) is 40.2 Å². The molecule has 1 unspecified atom stereocenters. The Balaban J connectivity index is 4.52. The lowest BCUT2D eigenvalue weighted by molar-refractivity contribution is -0.146. The van der Waals surface area contributed by atoms with Gasteiger partial charge in [0.05, 0.1) is 12.0 Å². The van der Waals surface area contributed by atoms with Crippen LogP contribution in [0.2, 0.25) is 0 Å². The van der Waals surface area contributed by atoms with Gasteiger partial charge in [-0.15, -0.1) is 0 Å². The fourth-order valence-electron chi connectivity index (χ4n) is 1.41. The van der Waals surface area contributed by atoms with Gasteiger partial charge in [-0.1, -0.05) is 6.92 Å². The Kier molecular flexibility index (Phi) is 7.44. The molecule has 0 aromatic carbocycles. The van der Waals surface area contributed by atoms with Gasteiger partial charge in [0.25, 0.3) is 0 Å². The van der Waals surface area contributed by atoms with E-state index < -0.39 is 11.4 Å². The van der Waals surface area contributed by atoms with Gasteiger partial charge in [-0.25, -0.2) is 4.79 Å². The molecule has 112 valence electrons. The standard InChI is InChI=1S/C13H26N2O4/c1-6-10(2)15(7-8-19-5)12(18)14-9-13(3,4)11(16)17/h10H,6-9H2,1-5H3,(H,14,18)(H,16,17). The first kappa shape index (κ1) is 17.7. The molecule has 2 N–H and O–H groups in total. The molecule has 0 fully saturated rings. The SMILES string of the molecule is CCC(C)N(CCOC)C(=O)NCC(C)(C)C(=O)O. The molecule has 6 nitrogen and oxygen atoms in total. The summed E-state index contributed by atoms with van der Waals surface area (Å²) in [6.07, 6.45) is 0.833. The Morgan fingerprint density at radius 3 is 2.42 bits per heavy atom. The normalized spacial score (nSPS) is 12.9. The van der Waals surface area contributed by atoms with E-state index in [1.54, 1.807) is 25.9 Å². The average Bonchev–Trinajstić information content (AvgIpc) is 2.36. The maximum Gasteiger partial charge on any atom is 0.317 e. The zero-order valence-electron chi connectivity index (χ0n) is 12.5. The first-order chi connectivity index (χ1) is 8.76. The van der Waals surface area contributed by atoms with Gasteiger partial charge in [0, 0.05) is 26.2 Å². The number of aliphatic carboxylic acids is 1. The topological polar surface area (TPSA) is 78.9 Å². The number of methoxy groups -OCH3 is 1. The second kappa shape index (κ2) is 7.99. The predicted octanol–water partition coefficient (Wildman–Crippen LogP) is 1.55. The maximum atomic E-state index is 12.1. The fraction of sp³-hybridized carbons (Fsp3) is 0.846. The highest BCUT2D eigenvalue weighted by Crippen LogP contribution is 2.13. The van der Waals surface area contributed by atoms with Crippen LogP contribution in [0.4, 0.5) is 4.79 Å². The van der Waals surface area contributed by atoms with Crippen LogP contribution in [0.1, 0.15) is 34.1 Å². The maximum absolute atomic E-state index is 12.1. The molecule has 1 atom stereocenters. The van der Waals surface area contributed by atoms with E-state index >= 15 is 0 Å². The van der Waals surface area contributed by atoms with Gasteiger partial charge in [0.2, 0.25) is 0 Å². The molecule has 0 rings (SSSR count). The van der Waals surface area contributed by atoms with Gasteiger partial charge < -0.3 is 20.1 Å². The van der Waals surface area contributed by atoms with Crippen molar-refractivity contribution in [1.82, 2.24) is 10.2 Å². The van der Waals surface area contributed by atoms with E-state index in [9.17, 15) is 9.59 Å². The number of hydrogen-bond acceptors (Lipinski definition) is 3. The minimum atomic E-state index is -0.974. The van der Waals surface area contributed by atoms with Crippen LogP contribution < -0.4 is 5.32 Å². The molecule has 0 aliphatic heterocycles. The zero-order chi connectivity index (χ0) is 15.1. The Bertz CT molecular complexity index is 305. The highest BCUT2D eigenvalue weighted by molar-refractivity contribution is 5.77. The number of amides is 2. The summed E-state index contributed by atoms with van der Waals surface area (Å²) in [5.41, 5.74) is -0.974. The minimum absolute atomic E-state index is 0.0862. The molecule has 6 heteroatoms. The number of carboxylic acids is 1. The van der Waals surface area contributed by atoms with Crippen molar-refractivity contribution < 1.29 is 19.4 Å². The number of rotatable bonds is 8. The van der Waals surface area contributed by atoms with Gasteiger partial charge in [-0.2, -0.15) is 0 Å². The number of carboxylic acid groups (broad SMARTS) is 1. The zero-order valence-corrected chi connectivity index (χ0v) is 12.5. The Morgan fingerprint density at radius 2 is 2.00 bits per heavy atom. The summed E-state index contributed by atoms with van der Waals surface area (Å²) < 4.78 is 4.99. The molecule has 0 aromatic rings. The molecule has 0 saturated carbocycles. The second-order valence-electron chi connectivity index (χ2n) is 5.29. The average molecular weight is 274 g/mol. The summed E-state index contributed by atoms with van der Waals surface area (Å²) in [7, 11) is 1.58. The van der Waals surface area contributed by atoms with Crippen LogP contribution in [-0.4, -0.2) is 54.9 Å². The molecule has 2 amide bonds. The Hall–Kier alpha value is -1.30. The smallest absolute Gasteiger partial charge is 0.317 e. The number of hydrogen-bond donors (Lipinski definition) is 2. The largest absolute Gasteiger partial charge is 0.481 e. The van der Waals surface area contributed by atoms with Crippen molar-refractivity contribution in [3.63, 3.8) is 0 Å². The Labute approximate surface area is 115 Å². The first-order valence-corrected chi connectivity index (χ1v) is 6.53. The Morgan fingerprint density at radius 1 is 1.42 bits per heavy atom. The number of ether oxygens (including phenoxy) is 1. The summed E-state index contributed by atoms with van der Waals surface area (Å²) in [5.74, 6) is -0.931. The fourth-order valence-corrected chi connectivity index (χ4v) is 1.41. The van der Waals surface area contributed by atoms with E-state index in [-0.39, 0.29) is 18.6 Å². The molecule has 0 saturated heterocycles. The van der Waals surface area contributed by atoms with Crippen LogP contribution >= 0.6 is 0 Å². The summed E-state index contributed by atoms with van der Waals surface area (Å²) in [6.45, 7) is 8.17. The third kappa shape index (κ3) is 5.92. The second-order valence-corrected chi connectivity index (χ2v) is 5.29. The third-order valence-corrected chi connectivity index (χ3v) is 3.18. The molecular formula is C13H26N2O4. The van der Waals surface area contributed by atoms with Crippen LogP contribution in [0, 0.1) is 5.41 Å². The van der Waals surface area contributed by atoms with Gasteiger partial charge in [-0.05, 0) is 27.2 Å².